The number of aromatic nitrogens is 3. The molecule has 3 heterocycles. The fourth-order valence-electron chi connectivity index (χ4n) is 3.48. The number of carbonyl (C=O) groups excluding carboxylic acids is 2. The van der Waals surface area contributed by atoms with Crippen molar-refractivity contribution in [3.8, 4) is 0 Å². The van der Waals surface area contributed by atoms with Crippen molar-refractivity contribution in [2.24, 2.45) is 11.7 Å². The van der Waals surface area contributed by atoms with Crippen molar-refractivity contribution in [2.45, 2.75) is 25.8 Å². The highest BCUT2D eigenvalue weighted by atomic mass is 32.1. The molecule has 0 radical (unpaired) electrons. The number of aromatic amines is 1. The first-order valence-electron chi connectivity index (χ1n) is 9.26. The van der Waals surface area contributed by atoms with Crippen LogP contribution in [0.15, 0.2) is 29.6 Å². The zero-order valence-electron chi connectivity index (χ0n) is 15.4. The Kier molecular flexibility index (Phi) is 5.36. The van der Waals surface area contributed by atoms with Crippen molar-refractivity contribution in [1.29, 1.82) is 0 Å². The van der Waals surface area contributed by atoms with Crippen LogP contribution in [0.5, 0.6) is 0 Å². The highest BCUT2D eigenvalue weighted by molar-refractivity contribution is 7.13. The minimum atomic E-state index is -0.431. The van der Waals surface area contributed by atoms with Crippen LogP contribution < -0.4 is 11.1 Å². The Hall–Kier alpha value is -2.78. The zero-order chi connectivity index (χ0) is 19.5. The third-order valence-corrected chi connectivity index (χ3v) is 5.71. The maximum Gasteiger partial charge on any atom is 0.229 e. The molecule has 1 aliphatic rings. The summed E-state index contributed by atoms with van der Waals surface area (Å²) in [5, 5.41) is 5.13. The van der Waals surface area contributed by atoms with Crippen LogP contribution in [0.25, 0.3) is 11.0 Å². The van der Waals surface area contributed by atoms with Crippen molar-refractivity contribution in [2.75, 3.05) is 18.4 Å². The van der Waals surface area contributed by atoms with E-state index in [1.54, 1.807) is 5.38 Å². The molecule has 0 bridgehead atoms. The number of H-pyrrole nitrogens is 1. The molecule has 1 aromatic carbocycles. The number of primary amides is 1. The van der Waals surface area contributed by atoms with Gasteiger partial charge >= 0.3 is 0 Å². The van der Waals surface area contributed by atoms with E-state index in [0.29, 0.717) is 10.8 Å². The molecule has 1 saturated heterocycles. The number of anilines is 1. The summed E-state index contributed by atoms with van der Waals surface area (Å²) < 4.78 is 0. The van der Waals surface area contributed by atoms with Gasteiger partial charge in [-0.2, -0.15) is 0 Å². The molecule has 0 atom stereocenters. The molecule has 4 rings (SSSR count). The normalized spacial score (nSPS) is 15.7. The van der Waals surface area contributed by atoms with E-state index in [2.05, 4.69) is 25.2 Å². The first kappa shape index (κ1) is 18.6. The zero-order valence-corrected chi connectivity index (χ0v) is 16.2. The molecule has 28 heavy (non-hydrogen) atoms. The number of amides is 2. The van der Waals surface area contributed by atoms with E-state index < -0.39 is 5.91 Å². The molecule has 2 aromatic heterocycles. The number of nitrogens with one attached hydrogen (secondary N) is 2. The predicted molar refractivity (Wildman–Crippen MR) is 108 cm³/mol. The second-order valence-electron chi connectivity index (χ2n) is 7.03. The van der Waals surface area contributed by atoms with Gasteiger partial charge in [-0.05, 0) is 38.1 Å². The summed E-state index contributed by atoms with van der Waals surface area (Å²) in [5.74, 6) is 0.479. The number of piperidine rings is 1. The van der Waals surface area contributed by atoms with Crippen LogP contribution >= 0.6 is 11.3 Å². The molecule has 0 saturated carbocycles. The lowest BCUT2D eigenvalue weighted by molar-refractivity contribution is -0.121. The second kappa shape index (κ2) is 8.07. The Labute approximate surface area is 166 Å². The average Bonchev–Trinajstić information content (AvgIpc) is 3.27. The first-order chi connectivity index (χ1) is 13.6. The van der Waals surface area contributed by atoms with Crippen LogP contribution in [0.2, 0.25) is 0 Å². The summed E-state index contributed by atoms with van der Waals surface area (Å²) in [7, 11) is 0. The molecule has 0 aliphatic carbocycles. The molecule has 1 aliphatic heterocycles. The van der Waals surface area contributed by atoms with Gasteiger partial charge in [-0.3, -0.25) is 14.5 Å². The molecular formula is C19H22N6O2S. The Morgan fingerprint density at radius 2 is 2.04 bits per heavy atom. The minimum Gasteiger partial charge on any atom is -0.369 e. The van der Waals surface area contributed by atoms with E-state index in [9.17, 15) is 9.59 Å². The van der Waals surface area contributed by atoms with Gasteiger partial charge in [0.05, 0.1) is 29.7 Å². The van der Waals surface area contributed by atoms with Gasteiger partial charge in [0.25, 0.3) is 0 Å². The second-order valence-corrected chi connectivity index (χ2v) is 7.89. The number of hydrogen-bond acceptors (Lipinski definition) is 6. The van der Waals surface area contributed by atoms with Gasteiger partial charge in [0.15, 0.2) is 5.13 Å². The monoisotopic (exact) mass is 398 g/mol. The van der Waals surface area contributed by atoms with Gasteiger partial charge < -0.3 is 16.0 Å². The molecule has 9 heteroatoms. The molecule has 0 spiro atoms. The van der Waals surface area contributed by atoms with Gasteiger partial charge in [-0.15, -0.1) is 11.3 Å². The van der Waals surface area contributed by atoms with Crippen LogP contribution in [-0.4, -0.2) is 44.8 Å². The van der Waals surface area contributed by atoms with Crippen molar-refractivity contribution in [3.05, 3.63) is 41.2 Å². The minimum absolute atomic E-state index is 0.0108. The molecule has 4 N–H and O–H groups in total. The van der Waals surface area contributed by atoms with Crippen molar-refractivity contribution in [3.63, 3.8) is 0 Å². The number of rotatable bonds is 6. The summed E-state index contributed by atoms with van der Waals surface area (Å²) in [6, 6.07) is 8.00. The number of thiazole rings is 1. The van der Waals surface area contributed by atoms with Crippen LogP contribution in [0.1, 0.15) is 24.4 Å². The molecule has 1 fully saturated rings. The standard InChI is InChI=1S/C19H22N6O2S/c20-16(26)9-13-11-28-19(21-13)24-18(27)12-5-7-25(8-6-12)10-17-22-14-3-1-2-4-15(14)23-17/h1-4,11-12H,5-10H2,(H2,20,26)(H,22,23)(H,21,24,27). The Balaban J connectivity index is 1.28. The van der Waals surface area contributed by atoms with Gasteiger partial charge in [0, 0.05) is 11.3 Å². The Morgan fingerprint density at radius 1 is 1.25 bits per heavy atom. The van der Waals surface area contributed by atoms with E-state index in [1.807, 2.05) is 24.3 Å². The van der Waals surface area contributed by atoms with E-state index in [-0.39, 0.29) is 18.2 Å². The van der Waals surface area contributed by atoms with Crippen LogP contribution in [0.3, 0.4) is 0 Å². The summed E-state index contributed by atoms with van der Waals surface area (Å²) in [5.41, 5.74) is 7.79. The van der Waals surface area contributed by atoms with E-state index in [4.69, 9.17) is 5.73 Å². The topological polar surface area (TPSA) is 117 Å². The lowest BCUT2D eigenvalue weighted by atomic mass is 9.96. The van der Waals surface area contributed by atoms with Gasteiger partial charge in [-0.1, -0.05) is 12.1 Å². The average molecular weight is 398 g/mol. The van der Waals surface area contributed by atoms with E-state index in [0.717, 1.165) is 49.3 Å². The van der Waals surface area contributed by atoms with Gasteiger partial charge in [-0.25, -0.2) is 9.97 Å². The molecular weight excluding hydrogens is 376 g/mol. The number of para-hydroxylation sites is 2. The number of likely N-dealkylation sites (tertiary alicyclic amines) is 1. The number of nitrogens with zero attached hydrogens (tertiary/aromatic N) is 3. The fraction of sp³-hybridized carbons (Fsp3) is 0.368. The lowest BCUT2D eigenvalue weighted by Crippen LogP contribution is -2.38. The molecule has 3 aromatic rings. The summed E-state index contributed by atoms with van der Waals surface area (Å²) in [4.78, 5) is 38.0. The number of carbonyl (C=O) groups is 2. The predicted octanol–water partition coefficient (Wildman–Crippen LogP) is 1.90. The number of imidazole rings is 1. The van der Waals surface area contributed by atoms with Crippen molar-refractivity contribution in [1.82, 2.24) is 19.9 Å². The van der Waals surface area contributed by atoms with Crippen LogP contribution in [0.4, 0.5) is 5.13 Å². The molecule has 8 nitrogen and oxygen atoms in total. The smallest absolute Gasteiger partial charge is 0.229 e. The van der Waals surface area contributed by atoms with E-state index >= 15 is 0 Å². The molecule has 146 valence electrons. The summed E-state index contributed by atoms with van der Waals surface area (Å²) >= 11 is 1.31. The summed E-state index contributed by atoms with van der Waals surface area (Å²) in [6.45, 7) is 2.45. The lowest BCUT2D eigenvalue weighted by Gasteiger charge is -2.30. The first-order valence-corrected chi connectivity index (χ1v) is 10.1. The third kappa shape index (κ3) is 4.37. The third-order valence-electron chi connectivity index (χ3n) is 4.91. The fourth-order valence-corrected chi connectivity index (χ4v) is 4.19. The van der Waals surface area contributed by atoms with Gasteiger partial charge in [0.2, 0.25) is 11.8 Å². The number of benzene rings is 1. The molecule has 0 unspecified atom stereocenters. The maximum absolute atomic E-state index is 12.5. The van der Waals surface area contributed by atoms with E-state index in [1.165, 1.54) is 11.3 Å². The highest BCUT2D eigenvalue weighted by Crippen LogP contribution is 2.23. The summed E-state index contributed by atoms with van der Waals surface area (Å²) in [6.07, 6.45) is 1.68. The van der Waals surface area contributed by atoms with Crippen molar-refractivity contribution >= 4 is 39.3 Å². The Morgan fingerprint density at radius 3 is 2.79 bits per heavy atom. The number of fused-ring (bicyclic) bond motifs is 1. The highest BCUT2D eigenvalue weighted by Gasteiger charge is 2.26. The Bertz CT molecular complexity index is 956. The molecule has 2 amide bonds. The maximum atomic E-state index is 12.5. The van der Waals surface area contributed by atoms with Crippen molar-refractivity contribution < 1.29 is 9.59 Å². The number of hydrogen-bond donors (Lipinski definition) is 3. The SMILES string of the molecule is NC(=O)Cc1csc(NC(=O)C2CCN(Cc3nc4ccccc4[nH]3)CC2)n1. The largest absolute Gasteiger partial charge is 0.369 e. The van der Waals surface area contributed by atoms with Gasteiger partial charge in [0.1, 0.15) is 5.82 Å². The number of nitrogens with two attached hydrogens (primary N) is 1. The van der Waals surface area contributed by atoms with Crippen LogP contribution in [0, 0.1) is 5.92 Å². The van der Waals surface area contributed by atoms with Crippen LogP contribution in [-0.2, 0) is 22.6 Å². The quantitative estimate of drug-likeness (QED) is 0.586.